The molecule has 0 saturated carbocycles. The highest BCUT2D eigenvalue weighted by atomic mass is 35.5. The Bertz CT molecular complexity index is 1030. The molecule has 1 heterocycles. The average Bonchev–Trinajstić information content (AvgIpc) is 2.54. The van der Waals surface area contributed by atoms with Gasteiger partial charge in [0.2, 0.25) is 0 Å². The molecule has 3 aromatic carbocycles. The molecular formula is C21H16ClN. The molecule has 0 atom stereocenters. The number of para-hydroxylation sites is 1. The average molecular weight is 318 g/mol. The molecule has 0 saturated heterocycles. The molecule has 0 aliphatic rings. The molecule has 0 unspecified atom stereocenters. The van der Waals surface area contributed by atoms with Crippen molar-refractivity contribution in [1.82, 2.24) is 4.98 Å². The normalized spacial score (nSPS) is 11.3. The number of rotatable bonds is 1. The minimum absolute atomic E-state index is 0.742. The molecular weight excluding hydrogens is 302 g/mol. The van der Waals surface area contributed by atoms with E-state index < -0.39 is 0 Å². The number of nitrogens with zero attached hydrogens (tertiary/aromatic N) is 1. The lowest BCUT2D eigenvalue weighted by atomic mass is 9.95. The summed E-state index contributed by atoms with van der Waals surface area (Å²) in [6.07, 6.45) is 0. The molecule has 0 N–H and O–H groups in total. The number of aromatic nitrogens is 1. The summed E-state index contributed by atoms with van der Waals surface area (Å²) in [7, 11) is 0. The largest absolute Gasteiger partial charge is 0.247 e. The van der Waals surface area contributed by atoms with Crippen molar-refractivity contribution in [3.8, 4) is 11.3 Å². The molecule has 1 nitrogen and oxygen atoms in total. The summed E-state index contributed by atoms with van der Waals surface area (Å²) in [5.41, 5.74) is 5.66. The Morgan fingerprint density at radius 2 is 1.57 bits per heavy atom. The van der Waals surface area contributed by atoms with Crippen LogP contribution in [0.5, 0.6) is 0 Å². The Morgan fingerprint density at radius 1 is 0.826 bits per heavy atom. The first-order valence-corrected chi connectivity index (χ1v) is 8.07. The third kappa shape index (κ3) is 2.38. The molecule has 0 aliphatic carbocycles. The molecule has 0 radical (unpaired) electrons. The maximum atomic E-state index is 6.04. The highest BCUT2D eigenvalue weighted by Crippen LogP contribution is 2.35. The first-order chi connectivity index (χ1) is 11.1. The van der Waals surface area contributed by atoms with Gasteiger partial charge in [0.15, 0.2) is 0 Å². The Morgan fingerprint density at radius 3 is 2.35 bits per heavy atom. The van der Waals surface area contributed by atoms with Gasteiger partial charge in [0.05, 0.1) is 11.2 Å². The third-order valence-electron chi connectivity index (χ3n) is 4.26. The van der Waals surface area contributed by atoms with Crippen LogP contribution >= 0.6 is 11.6 Å². The van der Waals surface area contributed by atoms with Gasteiger partial charge in [-0.2, -0.15) is 0 Å². The van der Waals surface area contributed by atoms with Crippen LogP contribution in [0, 0.1) is 13.8 Å². The van der Waals surface area contributed by atoms with Gasteiger partial charge in [-0.05, 0) is 43.0 Å². The number of hydrogen-bond acceptors (Lipinski definition) is 1. The van der Waals surface area contributed by atoms with E-state index in [0.717, 1.165) is 21.8 Å². The quantitative estimate of drug-likeness (QED) is 0.374. The summed E-state index contributed by atoms with van der Waals surface area (Å²) in [6.45, 7) is 4.30. The summed E-state index contributed by atoms with van der Waals surface area (Å²) in [5, 5.41) is 4.42. The van der Waals surface area contributed by atoms with Crippen molar-refractivity contribution in [2.45, 2.75) is 13.8 Å². The molecule has 0 fully saturated rings. The van der Waals surface area contributed by atoms with E-state index in [1.165, 1.54) is 27.3 Å². The standard InChI is InChI=1S/C21H16ClN/c1-13-11-14(2)20-18(12-13)17-5-3-4-6-19(17)23-21(20)15-7-9-16(22)10-8-15/h3-12H,1-2H3. The van der Waals surface area contributed by atoms with Crippen molar-refractivity contribution < 1.29 is 0 Å². The highest BCUT2D eigenvalue weighted by molar-refractivity contribution is 6.30. The maximum Gasteiger partial charge on any atom is 0.0790 e. The fourth-order valence-corrected chi connectivity index (χ4v) is 3.41. The molecule has 0 spiro atoms. The van der Waals surface area contributed by atoms with Crippen molar-refractivity contribution in [3.05, 3.63) is 76.8 Å². The van der Waals surface area contributed by atoms with Crippen molar-refractivity contribution in [3.63, 3.8) is 0 Å². The summed E-state index contributed by atoms with van der Waals surface area (Å²) in [6, 6.07) is 20.7. The van der Waals surface area contributed by atoms with E-state index in [-0.39, 0.29) is 0 Å². The van der Waals surface area contributed by atoms with Crippen LogP contribution in [0.2, 0.25) is 5.02 Å². The van der Waals surface area contributed by atoms with Crippen LogP contribution in [0.15, 0.2) is 60.7 Å². The Kier molecular flexibility index (Phi) is 3.32. The monoisotopic (exact) mass is 317 g/mol. The van der Waals surface area contributed by atoms with Crippen LogP contribution in [0.3, 0.4) is 0 Å². The smallest absolute Gasteiger partial charge is 0.0790 e. The van der Waals surface area contributed by atoms with Crippen LogP contribution in [-0.2, 0) is 0 Å². The van der Waals surface area contributed by atoms with Crippen LogP contribution in [0.1, 0.15) is 11.1 Å². The van der Waals surface area contributed by atoms with Crippen LogP contribution in [0.4, 0.5) is 0 Å². The second-order valence-corrected chi connectivity index (χ2v) is 6.43. The molecule has 0 amide bonds. The van der Waals surface area contributed by atoms with Crippen molar-refractivity contribution >= 4 is 33.3 Å². The highest BCUT2D eigenvalue weighted by Gasteiger charge is 2.12. The third-order valence-corrected chi connectivity index (χ3v) is 4.51. The molecule has 23 heavy (non-hydrogen) atoms. The van der Waals surface area contributed by atoms with Crippen LogP contribution < -0.4 is 0 Å². The maximum absolute atomic E-state index is 6.04. The first kappa shape index (κ1) is 14.2. The zero-order valence-electron chi connectivity index (χ0n) is 13.1. The van der Waals surface area contributed by atoms with Gasteiger partial charge in [0.1, 0.15) is 0 Å². The second-order valence-electron chi connectivity index (χ2n) is 5.99. The lowest BCUT2D eigenvalue weighted by Crippen LogP contribution is -1.92. The van der Waals surface area contributed by atoms with E-state index in [2.05, 4.69) is 44.2 Å². The van der Waals surface area contributed by atoms with Crippen LogP contribution in [0.25, 0.3) is 32.9 Å². The van der Waals surface area contributed by atoms with E-state index in [0.29, 0.717) is 0 Å². The summed E-state index contributed by atoms with van der Waals surface area (Å²) < 4.78 is 0. The van der Waals surface area contributed by atoms with Crippen molar-refractivity contribution in [2.75, 3.05) is 0 Å². The van der Waals surface area contributed by atoms with Gasteiger partial charge in [-0.15, -0.1) is 0 Å². The Labute approximate surface area is 140 Å². The fourth-order valence-electron chi connectivity index (χ4n) is 3.29. The van der Waals surface area contributed by atoms with Crippen molar-refractivity contribution in [1.29, 1.82) is 0 Å². The summed E-state index contributed by atoms with van der Waals surface area (Å²) in [4.78, 5) is 4.95. The molecule has 2 heteroatoms. The minimum atomic E-state index is 0.742. The van der Waals surface area contributed by atoms with Gasteiger partial charge in [0, 0.05) is 21.4 Å². The number of halogens is 1. The fraction of sp³-hybridized carbons (Fsp3) is 0.0952. The van der Waals surface area contributed by atoms with Gasteiger partial charge in [-0.1, -0.05) is 59.6 Å². The minimum Gasteiger partial charge on any atom is -0.247 e. The number of fused-ring (bicyclic) bond motifs is 3. The van der Waals surface area contributed by atoms with E-state index in [9.17, 15) is 0 Å². The molecule has 0 bridgehead atoms. The topological polar surface area (TPSA) is 12.9 Å². The zero-order chi connectivity index (χ0) is 16.0. The van der Waals surface area contributed by atoms with Crippen molar-refractivity contribution in [2.24, 2.45) is 0 Å². The second kappa shape index (κ2) is 5.36. The van der Waals surface area contributed by atoms with Crippen LogP contribution in [-0.4, -0.2) is 4.98 Å². The van der Waals surface area contributed by atoms with Gasteiger partial charge < -0.3 is 0 Å². The van der Waals surface area contributed by atoms with Gasteiger partial charge in [0.25, 0.3) is 0 Å². The number of pyridine rings is 1. The Hall–Kier alpha value is -2.38. The zero-order valence-corrected chi connectivity index (χ0v) is 13.9. The SMILES string of the molecule is Cc1cc(C)c2c(-c3ccc(Cl)cc3)nc3ccccc3c2c1. The van der Waals surface area contributed by atoms with Gasteiger partial charge >= 0.3 is 0 Å². The predicted molar refractivity (Wildman–Crippen MR) is 99.2 cm³/mol. The lowest BCUT2D eigenvalue weighted by molar-refractivity contribution is 1.38. The predicted octanol–water partition coefficient (Wildman–Crippen LogP) is 6.33. The van der Waals surface area contributed by atoms with E-state index >= 15 is 0 Å². The Balaban J connectivity index is 2.19. The van der Waals surface area contributed by atoms with Gasteiger partial charge in [-0.25, -0.2) is 4.98 Å². The number of hydrogen-bond donors (Lipinski definition) is 0. The summed E-state index contributed by atoms with van der Waals surface area (Å²) in [5.74, 6) is 0. The molecule has 0 aliphatic heterocycles. The van der Waals surface area contributed by atoms with E-state index in [1.807, 2.05) is 30.3 Å². The number of aryl methyl sites for hydroxylation is 2. The van der Waals surface area contributed by atoms with E-state index in [4.69, 9.17) is 16.6 Å². The molecule has 4 aromatic rings. The van der Waals surface area contributed by atoms with E-state index in [1.54, 1.807) is 0 Å². The lowest BCUT2D eigenvalue weighted by Gasteiger charge is -2.13. The molecule has 112 valence electrons. The first-order valence-electron chi connectivity index (χ1n) is 7.69. The number of benzene rings is 3. The van der Waals surface area contributed by atoms with Gasteiger partial charge in [-0.3, -0.25) is 0 Å². The summed E-state index contributed by atoms with van der Waals surface area (Å²) >= 11 is 6.04. The molecule has 1 aromatic heterocycles. The molecule has 4 rings (SSSR count).